The number of benzene rings is 1. The quantitative estimate of drug-likeness (QED) is 0.283. The molecule has 1 aliphatic rings. The minimum Gasteiger partial charge on any atom is -0.493 e. The average molecular weight is 470 g/mol. The summed E-state index contributed by atoms with van der Waals surface area (Å²) < 4.78 is 3.60. The molecule has 4 aromatic heterocycles. The van der Waals surface area contributed by atoms with Gasteiger partial charge in [0.1, 0.15) is 11.5 Å². The van der Waals surface area contributed by atoms with Crippen molar-refractivity contribution >= 4 is 17.7 Å². The van der Waals surface area contributed by atoms with Crippen molar-refractivity contribution in [2.24, 2.45) is 4.99 Å². The van der Waals surface area contributed by atoms with E-state index >= 15 is 0 Å². The second-order valence-electron chi connectivity index (χ2n) is 8.36. The summed E-state index contributed by atoms with van der Waals surface area (Å²) in [5.74, 6) is 1.04. The summed E-state index contributed by atoms with van der Waals surface area (Å²) in [5.41, 5.74) is 2.76. The number of fused-ring (bicyclic) bond motifs is 1. The number of aromatic nitrogens is 8. The van der Waals surface area contributed by atoms with E-state index in [2.05, 4.69) is 35.3 Å². The molecule has 0 atom stereocenters. The number of hydrogen-bond donors (Lipinski definition) is 4. The molecule has 0 radical (unpaired) electrons. The molecule has 12 nitrogen and oxygen atoms in total. The van der Waals surface area contributed by atoms with E-state index in [1.54, 1.807) is 23.0 Å². The monoisotopic (exact) mass is 470 g/mol. The number of hydrogen-bond acceptors (Lipinski definition) is 8. The standard InChI is InChI=1S/C23H22N10O2/c1-13-24-8-9-32(13)18-5-3-2-4-14(18)11-25-21-29-19-15(10-17-20(34)30-23(35)28-17)12-26-33(19)22(31-21)27-16-6-7-16/h2-5,8-10,12,16,34H,6-7,11H2,1H3,(H,25,27,31)(H2,28,30,35)/b15-10+. The fourth-order valence-corrected chi connectivity index (χ4v) is 3.86. The van der Waals surface area contributed by atoms with E-state index in [0.717, 1.165) is 29.9 Å². The number of nitrogens with one attached hydrogen (secondary N) is 3. The van der Waals surface area contributed by atoms with Crippen LogP contribution in [-0.2, 0) is 6.54 Å². The SMILES string of the molecule is Cc1nccn1-c1ccccc1CNc1nc(=NC2CC2)n2nc/c(=C\c3[nH]c(=O)[nH]c3O)c2n1. The molecule has 5 aromatic rings. The maximum Gasteiger partial charge on any atom is 0.326 e. The van der Waals surface area contributed by atoms with Crippen molar-refractivity contribution < 1.29 is 5.11 Å². The van der Waals surface area contributed by atoms with Crippen LogP contribution in [0, 0.1) is 6.92 Å². The third kappa shape index (κ3) is 4.05. The maximum absolute atomic E-state index is 11.5. The van der Waals surface area contributed by atoms with Gasteiger partial charge in [-0.2, -0.15) is 19.6 Å². The highest BCUT2D eigenvalue weighted by Gasteiger charge is 2.21. The first kappa shape index (κ1) is 20.8. The fraction of sp³-hybridized carbons (Fsp3) is 0.217. The summed E-state index contributed by atoms with van der Waals surface area (Å²) in [6.07, 6.45) is 8.94. The number of aromatic hydroxyl groups is 1. The zero-order valence-electron chi connectivity index (χ0n) is 18.8. The Kier molecular flexibility index (Phi) is 4.90. The predicted octanol–water partition coefficient (Wildman–Crippen LogP) is 0.563. The largest absolute Gasteiger partial charge is 0.493 e. The van der Waals surface area contributed by atoms with Crippen molar-refractivity contribution in [2.75, 3.05) is 5.32 Å². The van der Waals surface area contributed by atoms with E-state index in [1.165, 1.54) is 0 Å². The van der Waals surface area contributed by atoms with Crippen LogP contribution in [0.5, 0.6) is 5.88 Å². The Hall–Kier alpha value is -4.74. The first-order chi connectivity index (χ1) is 17.0. The summed E-state index contributed by atoms with van der Waals surface area (Å²) in [6.45, 7) is 2.44. The van der Waals surface area contributed by atoms with E-state index in [1.807, 2.05) is 42.0 Å². The summed E-state index contributed by atoms with van der Waals surface area (Å²) >= 11 is 0. The first-order valence-corrected chi connectivity index (χ1v) is 11.2. The van der Waals surface area contributed by atoms with Crippen LogP contribution in [0.4, 0.5) is 5.95 Å². The Labute approximate surface area is 197 Å². The first-order valence-electron chi connectivity index (χ1n) is 11.2. The van der Waals surface area contributed by atoms with E-state index in [4.69, 9.17) is 4.99 Å². The number of imidazole rings is 2. The van der Waals surface area contributed by atoms with Gasteiger partial charge in [0.15, 0.2) is 5.65 Å². The third-order valence-corrected chi connectivity index (χ3v) is 5.77. The van der Waals surface area contributed by atoms with Crippen molar-refractivity contribution in [1.29, 1.82) is 0 Å². The van der Waals surface area contributed by atoms with Gasteiger partial charge < -0.3 is 20.0 Å². The van der Waals surface area contributed by atoms with Crippen LogP contribution < -0.4 is 21.8 Å². The number of nitrogens with zero attached hydrogens (tertiary/aromatic N) is 7. The van der Waals surface area contributed by atoms with Gasteiger partial charge in [-0.1, -0.05) is 18.2 Å². The zero-order chi connectivity index (χ0) is 23.9. The van der Waals surface area contributed by atoms with Crippen LogP contribution in [0.3, 0.4) is 0 Å². The molecule has 35 heavy (non-hydrogen) atoms. The number of aromatic amines is 2. The Balaban J connectivity index is 1.41. The summed E-state index contributed by atoms with van der Waals surface area (Å²) in [7, 11) is 0. The molecule has 0 spiro atoms. The number of rotatable bonds is 6. The van der Waals surface area contributed by atoms with Gasteiger partial charge in [-0.3, -0.25) is 4.98 Å². The van der Waals surface area contributed by atoms with Crippen molar-refractivity contribution in [3.05, 3.63) is 81.3 Å². The lowest BCUT2D eigenvalue weighted by molar-refractivity contribution is 0.454. The van der Waals surface area contributed by atoms with Gasteiger partial charge in [0, 0.05) is 24.2 Å². The smallest absolute Gasteiger partial charge is 0.326 e. The number of para-hydroxylation sites is 1. The number of H-pyrrole nitrogens is 2. The molecule has 176 valence electrons. The molecule has 0 amide bonds. The number of anilines is 1. The van der Waals surface area contributed by atoms with Crippen molar-refractivity contribution in [3.63, 3.8) is 0 Å². The molecule has 4 N–H and O–H groups in total. The molecular formula is C23H22N10O2. The van der Waals surface area contributed by atoms with Crippen LogP contribution >= 0.6 is 0 Å². The maximum atomic E-state index is 11.5. The fourth-order valence-electron chi connectivity index (χ4n) is 3.86. The Morgan fingerprint density at radius 1 is 1.26 bits per heavy atom. The molecule has 0 aliphatic heterocycles. The Bertz CT molecular complexity index is 1720. The minimum absolute atomic E-state index is 0.229. The third-order valence-electron chi connectivity index (χ3n) is 5.77. The minimum atomic E-state index is -0.501. The zero-order valence-corrected chi connectivity index (χ0v) is 18.8. The molecule has 1 aromatic carbocycles. The van der Waals surface area contributed by atoms with Crippen LogP contribution in [0.25, 0.3) is 17.4 Å². The highest BCUT2D eigenvalue weighted by atomic mass is 16.3. The van der Waals surface area contributed by atoms with Crippen molar-refractivity contribution in [2.45, 2.75) is 32.4 Å². The summed E-state index contributed by atoms with van der Waals surface area (Å²) in [5, 5.41) is 18.3. The Morgan fingerprint density at radius 3 is 2.86 bits per heavy atom. The van der Waals surface area contributed by atoms with Gasteiger partial charge in [0.25, 0.3) is 5.62 Å². The molecule has 0 unspecified atom stereocenters. The Morgan fingerprint density at radius 2 is 2.11 bits per heavy atom. The second-order valence-corrected chi connectivity index (χ2v) is 8.36. The van der Waals surface area contributed by atoms with E-state index in [-0.39, 0.29) is 17.6 Å². The van der Waals surface area contributed by atoms with Gasteiger partial charge >= 0.3 is 5.69 Å². The molecule has 0 saturated heterocycles. The highest BCUT2D eigenvalue weighted by Crippen LogP contribution is 2.22. The molecule has 1 fully saturated rings. The normalized spacial score (nSPS) is 14.8. The average Bonchev–Trinajstić information content (AvgIpc) is 3.26. The molecule has 4 heterocycles. The van der Waals surface area contributed by atoms with Crippen LogP contribution in [0.1, 0.15) is 29.9 Å². The van der Waals surface area contributed by atoms with Crippen LogP contribution in [-0.4, -0.2) is 50.2 Å². The predicted molar refractivity (Wildman–Crippen MR) is 127 cm³/mol. The van der Waals surface area contributed by atoms with Crippen molar-refractivity contribution in [1.82, 2.24) is 39.1 Å². The summed E-state index contributed by atoms with van der Waals surface area (Å²) in [6, 6.07) is 8.28. The molecule has 1 aliphatic carbocycles. The summed E-state index contributed by atoms with van der Waals surface area (Å²) in [4.78, 5) is 34.7. The highest BCUT2D eigenvalue weighted by molar-refractivity contribution is 5.57. The lowest BCUT2D eigenvalue weighted by atomic mass is 10.1. The molecule has 0 bridgehead atoms. The van der Waals surface area contributed by atoms with E-state index in [0.29, 0.717) is 29.0 Å². The molecule has 6 rings (SSSR count). The van der Waals surface area contributed by atoms with E-state index in [9.17, 15) is 9.90 Å². The lowest BCUT2D eigenvalue weighted by Gasteiger charge is -2.12. The van der Waals surface area contributed by atoms with E-state index < -0.39 is 5.69 Å². The van der Waals surface area contributed by atoms with Gasteiger partial charge in [-0.15, -0.1) is 0 Å². The van der Waals surface area contributed by atoms with Gasteiger partial charge in [0.05, 0.1) is 17.9 Å². The molecule has 12 heteroatoms. The van der Waals surface area contributed by atoms with Gasteiger partial charge in [0.2, 0.25) is 11.8 Å². The molecule has 1 saturated carbocycles. The topological polar surface area (TPSA) is 154 Å². The molecular weight excluding hydrogens is 448 g/mol. The lowest BCUT2D eigenvalue weighted by Crippen LogP contribution is -2.25. The van der Waals surface area contributed by atoms with Gasteiger partial charge in [-0.25, -0.2) is 14.8 Å². The van der Waals surface area contributed by atoms with Crippen LogP contribution in [0.15, 0.2) is 52.6 Å². The van der Waals surface area contributed by atoms with Crippen molar-refractivity contribution in [3.8, 4) is 11.6 Å². The van der Waals surface area contributed by atoms with Crippen LogP contribution in [0.2, 0.25) is 0 Å². The number of aryl methyl sites for hydroxylation is 1. The van der Waals surface area contributed by atoms with Gasteiger partial charge in [-0.05, 0) is 37.5 Å². The second kappa shape index (κ2) is 8.24.